The number of benzene rings is 1. The maximum Gasteiger partial charge on any atom is 0.257 e. The molecule has 0 aliphatic carbocycles. The Morgan fingerprint density at radius 2 is 2.10 bits per heavy atom. The molecule has 1 aromatic heterocycles. The van der Waals surface area contributed by atoms with Gasteiger partial charge in [-0.25, -0.2) is 8.78 Å². The second-order valence-electron chi connectivity index (χ2n) is 4.30. The third-order valence-corrected chi connectivity index (χ3v) is 3.99. The molecule has 0 spiro atoms. The van der Waals surface area contributed by atoms with Crippen molar-refractivity contribution in [2.75, 3.05) is 6.54 Å². The van der Waals surface area contributed by atoms with Crippen molar-refractivity contribution in [3.8, 4) is 0 Å². The predicted octanol–water partition coefficient (Wildman–Crippen LogP) is 4.51. The SMILES string of the molecule is C=CCN(Cc1ccc(Cl)s1)C(=O)c1ccc(F)cc1F. The lowest BCUT2D eigenvalue weighted by Crippen LogP contribution is -2.31. The normalized spacial score (nSPS) is 10.4. The van der Waals surface area contributed by atoms with Crippen LogP contribution in [0.4, 0.5) is 8.78 Å². The summed E-state index contributed by atoms with van der Waals surface area (Å²) in [5, 5.41) is 0. The molecule has 1 aromatic carbocycles. The van der Waals surface area contributed by atoms with Crippen LogP contribution >= 0.6 is 22.9 Å². The van der Waals surface area contributed by atoms with Gasteiger partial charge < -0.3 is 4.90 Å². The first-order valence-corrected chi connectivity index (χ1v) is 7.30. The van der Waals surface area contributed by atoms with E-state index >= 15 is 0 Å². The van der Waals surface area contributed by atoms with Crippen molar-refractivity contribution in [2.45, 2.75) is 6.54 Å². The number of rotatable bonds is 5. The van der Waals surface area contributed by atoms with Gasteiger partial charge in [-0.05, 0) is 24.3 Å². The van der Waals surface area contributed by atoms with Crippen molar-refractivity contribution < 1.29 is 13.6 Å². The number of halogens is 3. The summed E-state index contributed by atoms with van der Waals surface area (Å²) < 4.78 is 27.2. The molecule has 2 nitrogen and oxygen atoms in total. The summed E-state index contributed by atoms with van der Waals surface area (Å²) in [7, 11) is 0. The molecule has 6 heteroatoms. The summed E-state index contributed by atoms with van der Waals surface area (Å²) in [6.45, 7) is 4.14. The lowest BCUT2D eigenvalue weighted by Gasteiger charge is -2.20. The molecule has 0 fully saturated rings. The van der Waals surface area contributed by atoms with E-state index in [1.807, 2.05) is 0 Å². The van der Waals surface area contributed by atoms with Crippen LogP contribution in [0.5, 0.6) is 0 Å². The summed E-state index contributed by atoms with van der Waals surface area (Å²) in [4.78, 5) is 14.7. The van der Waals surface area contributed by atoms with Crippen molar-refractivity contribution in [3.63, 3.8) is 0 Å². The fourth-order valence-corrected chi connectivity index (χ4v) is 2.94. The molecule has 0 radical (unpaired) electrons. The van der Waals surface area contributed by atoms with Gasteiger partial charge in [0, 0.05) is 17.5 Å². The van der Waals surface area contributed by atoms with Gasteiger partial charge in [0.15, 0.2) is 0 Å². The van der Waals surface area contributed by atoms with E-state index in [4.69, 9.17) is 11.6 Å². The molecule has 0 atom stereocenters. The molecule has 110 valence electrons. The highest BCUT2D eigenvalue weighted by Gasteiger charge is 2.19. The Labute approximate surface area is 130 Å². The van der Waals surface area contributed by atoms with Crippen LogP contribution in [-0.2, 0) is 6.54 Å². The van der Waals surface area contributed by atoms with E-state index in [0.29, 0.717) is 16.9 Å². The molecule has 0 aliphatic heterocycles. The van der Waals surface area contributed by atoms with E-state index in [2.05, 4.69) is 6.58 Å². The zero-order chi connectivity index (χ0) is 15.4. The largest absolute Gasteiger partial charge is 0.330 e. The van der Waals surface area contributed by atoms with E-state index < -0.39 is 17.5 Å². The molecular formula is C15H12ClF2NOS. The highest BCUT2D eigenvalue weighted by atomic mass is 35.5. The molecule has 0 saturated heterocycles. The average molecular weight is 328 g/mol. The molecule has 0 unspecified atom stereocenters. The number of hydrogen-bond acceptors (Lipinski definition) is 2. The zero-order valence-electron chi connectivity index (χ0n) is 11.0. The Bertz CT molecular complexity index is 671. The standard InChI is InChI=1S/C15H12ClF2NOS/c1-2-7-19(9-11-4-6-14(16)21-11)15(20)12-5-3-10(17)8-13(12)18/h2-6,8H,1,7,9H2. The first-order valence-electron chi connectivity index (χ1n) is 6.10. The van der Waals surface area contributed by atoms with Crippen LogP contribution in [0.15, 0.2) is 43.0 Å². The molecule has 0 aliphatic rings. The quantitative estimate of drug-likeness (QED) is 0.740. The van der Waals surface area contributed by atoms with Crippen LogP contribution in [0.1, 0.15) is 15.2 Å². The highest BCUT2D eigenvalue weighted by molar-refractivity contribution is 7.16. The van der Waals surface area contributed by atoms with Gasteiger partial charge in [0.05, 0.1) is 16.4 Å². The topological polar surface area (TPSA) is 20.3 Å². The number of nitrogens with zero attached hydrogens (tertiary/aromatic N) is 1. The van der Waals surface area contributed by atoms with Gasteiger partial charge in [0.25, 0.3) is 5.91 Å². The molecule has 2 rings (SSSR count). The van der Waals surface area contributed by atoms with Crippen LogP contribution in [0.2, 0.25) is 4.34 Å². The van der Waals surface area contributed by atoms with Gasteiger partial charge >= 0.3 is 0 Å². The lowest BCUT2D eigenvalue weighted by molar-refractivity contribution is 0.0759. The maximum absolute atomic E-state index is 13.7. The third-order valence-electron chi connectivity index (χ3n) is 2.77. The van der Waals surface area contributed by atoms with Gasteiger partial charge in [-0.2, -0.15) is 0 Å². The zero-order valence-corrected chi connectivity index (χ0v) is 12.6. The summed E-state index contributed by atoms with van der Waals surface area (Å²) >= 11 is 7.20. The van der Waals surface area contributed by atoms with E-state index in [1.165, 1.54) is 16.2 Å². The summed E-state index contributed by atoms with van der Waals surface area (Å²) in [6.07, 6.45) is 1.55. The van der Waals surface area contributed by atoms with Crippen LogP contribution in [0.25, 0.3) is 0 Å². The van der Waals surface area contributed by atoms with Gasteiger partial charge in [0.1, 0.15) is 11.6 Å². The van der Waals surface area contributed by atoms with Crippen molar-refractivity contribution in [3.05, 3.63) is 69.4 Å². The first-order chi connectivity index (χ1) is 10.0. The smallest absolute Gasteiger partial charge is 0.257 e. The van der Waals surface area contributed by atoms with Gasteiger partial charge in [-0.3, -0.25) is 4.79 Å². The molecule has 0 saturated carbocycles. The molecular weight excluding hydrogens is 316 g/mol. The highest BCUT2D eigenvalue weighted by Crippen LogP contribution is 2.23. The number of thiophene rings is 1. The fraction of sp³-hybridized carbons (Fsp3) is 0.133. The van der Waals surface area contributed by atoms with Crippen LogP contribution in [0.3, 0.4) is 0 Å². The summed E-state index contributed by atoms with van der Waals surface area (Å²) in [6, 6.07) is 6.43. The maximum atomic E-state index is 13.7. The number of carbonyl (C=O) groups is 1. The Balaban J connectivity index is 2.24. The van der Waals surface area contributed by atoms with Crippen LogP contribution in [0, 0.1) is 11.6 Å². The van der Waals surface area contributed by atoms with Gasteiger partial charge in [-0.1, -0.05) is 17.7 Å². The first kappa shape index (κ1) is 15.7. The molecule has 2 aromatic rings. The molecule has 1 heterocycles. The summed E-state index contributed by atoms with van der Waals surface area (Å²) in [5.41, 5.74) is -0.166. The Morgan fingerprint density at radius 3 is 2.67 bits per heavy atom. The Kier molecular flexibility index (Phi) is 5.09. The number of amides is 1. The minimum absolute atomic E-state index is 0.166. The Hall–Kier alpha value is -1.72. The van der Waals surface area contributed by atoms with Crippen molar-refractivity contribution >= 4 is 28.8 Å². The summed E-state index contributed by atoms with van der Waals surface area (Å²) in [5.74, 6) is -2.11. The monoisotopic (exact) mass is 327 g/mol. The average Bonchev–Trinajstić information content (AvgIpc) is 2.83. The molecule has 1 amide bonds. The molecule has 0 N–H and O–H groups in total. The van der Waals surface area contributed by atoms with E-state index in [0.717, 1.165) is 17.0 Å². The van der Waals surface area contributed by atoms with Gasteiger partial charge in [0.2, 0.25) is 0 Å². The van der Waals surface area contributed by atoms with E-state index in [9.17, 15) is 13.6 Å². The Morgan fingerprint density at radius 1 is 1.33 bits per heavy atom. The van der Waals surface area contributed by atoms with E-state index in [-0.39, 0.29) is 12.1 Å². The van der Waals surface area contributed by atoms with Crippen LogP contribution in [-0.4, -0.2) is 17.4 Å². The molecule has 21 heavy (non-hydrogen) atoms. The van der Waals surface area contributed by atoms with Crippen molar-refractivity contribution in [2.24, 2.45) is 0 Å². The predicted molar refractivity (Wildman–Crippen MR) is 80.6 cm³/mol. The second kappa shape index (κ2) is 6.83. The third kappa shape index (κ3) is 3.89. The molecule has 0 bridgehead atoms. The van der Waals surface area contributed by atoms with E-state index in [1.54, 1.807) is 18.2 Å². The second-order valence-corrected chi connectivity index (χ2v) is 6.10. The van der Waals surface area contributed by atoms with Crippen molar-refractivity contribution in [1.29, 1.82) is 0 Å². The number of hydrogen-bond donors (Lipinski definition) is 0. The minimum Gasteiger partial charge on any atom is -0.330 e. The minimum atomic E-state index is -0.877. The van der Waals surface area contributed by atoms with Crippen molar-refractivity contribution in [1.82, 2.24) is 4.90 Å². The van der Waals surface area contributed by atoms with Crippen LogP contribution < -0.4 is 0 Å². The number of carbonyl (C=O) groups excluding carboxylic acids is 1. The lowest BCUT2D eigenvalue weighted by atomic mass is 10.1. The van der Waals surface area contributed by atoms with Gasteiger partial charge in [-0.15, -0.1) is 17.9 Å². The fourth-order valence-electron chi connectivity index (χ4n) is 1.83.